The van der Waals surface area contributed by atoms with Gasteiger partial charge in [0.05, 0.1) is 16.0 Å². The maximum absolute atomic E-state index is 13.7. The summed E-state index contributed by atoms with van der Waals surface area (Å²) < 4.78 is 18.9. The van der Waals surface area contributed by atoms with Gasteiger partial charge < -0.3 is 9.84 Å². The van der Waals surface area contributed by atoms with E-state index in [1.165, 1.54) is 31.2 Å². The average Bonchev–Trinajstić information content (AvgIpc) is 2.79. The molecule has 1 atom stereocenters. The van der Waals surface area contributed by atoms with Gasteiger partial charge in [0.15, 0.2) is 11.6 Å². The summed E-state index contributed by atoms with van der Waals surface area (Å²) in [6, 6.07) is 5.32. The molecule has 1 aromatic heterocycles. The Morgan fingerprint density at radius 3 is 2.85 bits per heavy atom. The van der Waals surface area contributed by atoms with E-state index in [1.807, 2.05) is 0 Å². The number of nitro groups is 1. The van der Waals surface area contributed by atoms with Gasteiger partial charge in [-0.2, -0.15) is 0 Å². The number of benzene rings is 1. The summed E-state index contributed by atoms with van der Waals surface area (Å²) in [4.78, 5) is 10.6. The van der Waals surface area contributed by atoms with Crippen LogP contribution in [0, 0.1) is 15.9 Å². The number of hydrogen-bond donors (Lipinski definition) is 1. The third-order valence-corrected chi connectivity index (χ3v) is 3.89. The maximum Gasteiger partial charge on any atom is 0.323 e. The number of ether oxygens (including phenoxy) is 1. The molecule has 1 unspecified atom stereocenters. The first kappa shape index (κ1) is 14.7. The molecule has 0 radical (unpaired) electrons. The van der Waals surface area contributed by atoms with Crippen molar-refractivity contribution in [2.24, 2.45) is 0 Å². The number of hydrogen-bond acceptors (Lipinski definition) is 5. The minimum Gasteiger partial charge on any atom is -0.437 e. The van der Waals surface area contributed by atoms with E-state index in [1.54, 1.807) is 0 Å². The zero-order valence-corrected chi connectivity index (χ0v) is 11.7. The van der Waals surface area contributed by atoms with E-state index in [2.05, 4.69) is 0 Å². The topological polar surface area (TPSA) is 72.6 Å². The fourth-order valence-corrected chi connectivity index (χ4v) is 2.54. The Kier molecular flexibility index (Phi) is 4.22. The molecular formula is C12H9ClFNO4S. The van der Waals surface area contributed by atoms with Crippen LogP contribution in [-0.4, -0.2) is 10.0 Å². The summed E-state index contributed by atoms with van der Waals surface area (Å²) in [6.45, 7) is 1.47. The molecule has 0 aliphatic carbocycles. The van der Waals surface area contributed by atoms with E-state index in [-0.39, 0.29) is 21.5 Å². The van der Waals surface area contributed by atoms with E-state index in [0.717, 1.165) is 11.3 Å². The van der Waals surface area contributed by atoms with Crippen LogP contribution < -0.4 is 4.74 Å². The van der Waals surface area contributed by atoms with Crippen molar-refractivity contribution in [2.75, 3.05) is 0 Å². The van der Waals surface area contributed by atoms with Crippen LogP contribution in [0.25, 0.3) is 0 Å². The Balaban J connectivity index is 2.42. The number of aliphatic hydroxyl groups is 1. The summed E-state index contributed by atoms with van der Waals surface area (Å²) in [6.07, 6.45) is -0.875. The van der Waals surface area contributed by atoms with Crippen molar-refractivity contribution >= 4 is 28.6 Å². The molecule has 0 saturated carbocycles. The molecule has 0 fully saturated rings. The van der Waals surface area contributed by atoms with Gasteiger partial charge in [-0.05, 0) is 19.1 Å². The second-order valence-electron chi connectivity index (χ2n) is 3.91. The van der Waals surface area contributed by atoms with Gasteiger partial charge >= 0.3 is 5.69 Å². The third kappa shape index (κ3) is 2.90. The summed E-state index contributed by atoms with van der Waals surface area (Å²) in [7, 11) is 0. The zero-order chi connectivity index (χ0) is 14.9. The van der Waals surface area contributed by atoms with E-state index >= 15 is 0 Å². The van der Waals surface area contributed by atoms with Crippen LogP contribution >= 0.6 is 22.9 Å². The standard InChI is InChI=1S/C12H9ClFNO4S/c1-6(16)10-5-8(15(17)18)12(20-10)19-9-4-2-3-7(13)11(9)14/h2-6,16H,1H3. The molecule has 1 aromatic carbocycles. The lowest BCUT2D eigenvalue weighted by molar-refractivity contribution is -0.385. The van der Waals surface area contributed by atoms with Crippen molar-refractivity contribution in [1.82, 2.24) is 0 Å². The van der Waals surface area contributed by atoms with Gasteiger partial charge in [0.2, 0.25) is 0 Å². The molecule has 0 spiro atoms. The molecule has 2 aromatic rings. The average molecular weight is 318 g/mol. The molecule has 106 valence electrons. The van der Waals surface area contributed by atoms with Crippen LogP contribution in [0.4, 0.5) is 10.1 Å². The predicted octanol–water partition coefficient (Wildman–Crippen LogP) is 4.29. The summed E-state index contributed by atoms with van der Waals surface area (Å²) in [5, 5.41) is 20.1. The third-order valence-electron chi connectivity index (χ3n) is 2.43. The highest BCUT2D eigenvalue weighted by atomic mass is 35.5. The number of thiophene rings is 1. The van der Waals surface area contributed by atoms with Gasteiger partial charge in [0.25, 0.3) is 5.06 Å². The zero-order valence-electron chi connectivity index (χ0n) is 10.2. The molecule has 0 bridgehead atoms. The smallest absolute Gasteiger partial charge is 0.323 e. The largest absolute Gasteiger partial charge is 0.437 e. The van der Waals surface area contributed by atoms with E-state index < -0.39 is 16.8 Å². The molecule has 2 rings (SSSR count). The molecule has 0 amide bonds. The Bertz CT molecular complexity index is 659. The Labute approximate surface area is 122 Å². The number of halogens is 2. The van der Waals surface area contributed by atoms with Crippen LogP contribution in [0.15, 0.2) is 24.3 Å². The van der Waals surface area contributed by atoms with Gasteiger partial charge in [-0.15, -0.1) is 0 Å². The lowest BCUT2D eigenvalue weighted by Gasteiger charge is -2.04. The van der Waals surface area contributed by atoms with Crippen molar-refractivity contribution in [1.29, 1.82) is 0 Å². The number of aliphatic hydroxyl groups excluding tert-OH is 1. The van der Waals surface area contributed by atoms with Gasteiger partial charge in [0, 0.05) is 10.9 Å². The lowest BCUT2D eigenvalue weighted by atomic mass is 10.3. The monoisotopic (exact) mass is 317 g/mol. The van der Waals surface area contributed by atoms with Crippen molar-refractivity contribution in [2.45, 2.75) is 13.0 Å². The fraction of sp³-hybridized carbons (Fsp3) is 0.167. The van der Waals surface area contributed by atoms with Crippen molar-refractivity contribution < 1.29 is 19.2 Å². The van der Waals surface area contributed by atoms with Crippen LogP contribution in [0.5, 0.6) is 10.8 Å². The molecular weight excluding hydrogens is 309 g/mol. The highest BCUT2D eigenvalue weighted by molar-refractivity contribution is 7.14. The second-order valence-corrected chi connectivity index (χ2v) is 5.36. The van der Waals surface area contributed by atoms with Crippen molar-refractivity contribution in [3.8, 4) is 10.8 Å². The molecule has 20 heavy (non-hydrogen) atoms. The SMILES string of the molecule is CC(O)c1cc([N+](=O)[O-])c(Oc2cccc(Cl)c2F)s1. The Morgan fingerprint density at radius 1 is 1.55 bits per heavy atom. The molecule has 0 aliphatic rings. The summed E-state index contributed by atoms with van der Waals surface area (Å²) in [5.41, 5.74) is -0.328. The Hall–Kier alpha value is -1.70. The van der Waals surface area contributed by atoms with Gasteiger partial charge in [-0.25, -0.2) is 4.39 Å². The Morgan fingerprint density at radius 2 is 2.25 bits per heavy atom. The van der Waals surface area contributed by atoms with Crippen molar-refractivity contribution in [3.05, 3.63) is 50.1 Å². The van der Waals surface area contributed by atoms with Gasteiger partial charge in [-0.3, -0.25) is 10.1 Å². The summed E-state index contributed by atoms with van der Waals surface area (Å²) in [5.74, 6) is -1.00. The molecule has 1 heterocycles. The molecule has 1 N–H and O–H groups in total. The van der Waals surface area contributed by atoms with Crippen LogP contribution in [-0.2, 0) is 0 Å². The first-order chi connectivity index (χ1) is 9.40. The second kappa shape index (κ2) is 5.74. The maximum atomic E-state index is 13.7. The van der Waals surface area contributed by atoms with Crippen molar-refractivity contribution in [3.63, 3.8) is 0 Å². The number of nitrogens with zero attached hydrogens (tertiary/aromatic N) is 1. The highest BCUT2D eigenvalue weighted by Gasteiger charge is 2.24. The van der Waals surface area contributed by atoms with Crippen LogP contribution in [0.1, 0.15) is 17.9 Å². The van der Waals surface area contributed by atoms with Crippen LogP contribution in [0.3, 0.4) is 0 Å². The summed E-state index contributed by atoms with van der Waals surface area (Å²) >= 11 is 6.49. The van der Waals surface area contributed by atoms with E-state index in [4.69, 9.17) is 16.3 Å². The van der Waals surface area contributed by atoms with Gasteiger partial charge in [0.1, 0.15) is 0 Å². The first-order valence-corrected chi connectivity index (χ1v) is 6.67. The van der Waals surface area contributed by atoms with Crippen LogP contribution in [0.2, 0.25) is 5.02 Å². The molecule has 0 aliphatic heterocycles. The lowest BCUT2D eigenvalue weighted by Crippen LogP contribution is -1.91. The quantitative estimate of drug-likeness (QED) is 0.674. The normalized spacial score (nSPS) is 12.2. The number of rotatable bonds is 4. The first-order valence-electron chi connectivity index (χ1n) is 5.48. The van der Waals surface area contributed by atoms with E-state index in [0.29, 0.717) is 4.88 Å². The highest BCUT2D eigenvalue weighted by Crippen LogP contribution is 2.42. The fourth-order valence-electron chi connectivity index (χ4n) is 1.45. The molecule has 0 saturated heterocycles. The van der Waals surface area contributed by atoms with E-state index in [9.17, 15) is 19.6 Å². The minimum atomic E-state index is -0.875. The predicted molar refractivity (Wildman–Crippen MR) is 73.1 cm³/mol. The molecule has 5 nitrogen and oxygen atoms in total. The van der Waals surface area contributed by atoms with Gasteiger partial charge in [-0.1, -0.05) is 29.0 Å². The molecule has 8 heteroatoms. The minimum absolute atomic E-state index is 0.105.